The summed E-state index contributed by atoms with van der Waals surface area (Å²) in [5, 5.41) is 0. The van der Waals surface area contributed by atoms with Crippen LogP contribution in [0.5, 0.6) is 0 Å². The van der Waals surface area contributed by atoms with E-state index in [1.54, 1.807) is 0 Å². The van der Waals surface area contributed by atoms with Crippen LogP contribution in [0.1, 0.15) is 43.6 Å². The van der Waals surface area contributed by atoms with Gasteiger partial charge in [0, 0.05) is 24.4 Å². The summed E-state index contributed by atoms with van der Waals surface area (Å²) < 4.78 is 2.50. The molecule has 1 aromatic heterocycles. The first-order valence-corrected chi connectivity index (χ1v) is 7.52. The van der Waals surface area contributed by atoms with E-state index < -0.39 is 0 Å². The van der Waals surface area contributed by atoms with Gasteiger partial charge >= 0.3 is 0 Å². The smallest absolute Gasteiger partial charge is 0.0253 e. The second kappa shape index (κ2) is 6.60. The van der Waals surface area contributed by atoms with Crippen molar-refractivity contribution >= 4 is 0 Å². The van der Waals surface area contributed by atoms with Gasteiger partial charge in [-0.1, -0.05) is 44.2 Å². The fraction of sp³-hybridized carbons (Fsp3) is 0.444. The maximum absolute atomic E-state index is 2.50. The van der Waals surface area contributed by atoms with Gasteiger partial charge in [0.25, 0.3) is 0 Å². The predicted octanol–water partition coefficient (Wildman–Crippen LogP) is 4.82. The number of benzene rings is 1. The highest BCUT2D eigenvalue weighted by atomic mass is 15.0. The van der Waals surface area contributed by atoms with Gasteiger partial charge in [-0.05, 0) is 43.4 Å². The zero-order chi connectivity index (χ0) is 13.7. The number of aryl methyl sites for hydroxylation is 1. The molecule has 3 rings (SSSR count). The van der Waals surface area contributed by atoms with Crippen LogP contribution in [0.3, 0.4) is 0 Å². The van der Waals surface area contributed by atoms with Crippen LogP contribution in [0.2, 0.25) is 0 Å². The summed E-state index contributed by atoms with van der Waals surface area (Å²) in [5.41, 5.74) is 4.27. The first kappa shape index (κ1) is 13.9. The van der Waals surface area contributed by atoms with E-state index in [9.17, 15) is 0 Å². The molecule has 0 spiro atoms. The molecule has 1 aliphatic rings. The number of aromatic nitrogens is 1. The van der Waals surface area contributed by atoms with Crippen molar-refractivity contribution in [3.8, 4) is 0 Å². The normalized spacial score (nSPS) is 13.8. The van der Waals surface area contributed by atoms with Gasteiger partial charge in [-0.3, -0.25) is 0 Å². The lowest BCUT2D eigenvalue weighted by atomic mass is 10.1. The quantitative estimate of drug-likeness (QED) is 0.738. The monoisotopic (exact) mass is 255 g/mol. The molecule has 0 amide bonds. The molecular formula is C18H25N. The van der Waals surface area contributed by atoms with Crippen LogP contribution in [0.15, 0.2) is 42.5 Å². The Morgan fingerprint density at radius 2 is 1.68 bits per heavy atom. The van der Waals surface area contributed by atoms with Crippen LogP contribution in [-0.4, -0.2) is 4.57 Å². The van der Waals surface area contributed by atoms with Crippen LogP contribution in [0.25, 0.3) is 0 Å². The molecule has 1 saturated carbocycles. The number of hydrogen-bond acceptors (Lipinski definition) is 0. The van der Waals surface area contributed by atoms with Crippen molar-refractivity contribution in [2.75, 3.05) is 0 Å². The Balaban J connectivity index is 0.000000637. The predicted molar refractivity (Wildman–Crippen MR) is 82.5 cm³/mol. The van der Waals surface area contributed by atoms with E-state index in [1.807, 2.05) is 13.8 Å². The minimum atomic E-state index is 0.940. The summed E-state index contributed by atoms with van der Waals surface area (Å²) in [5.74, 6) is 0.940. The minimum absolute atomic E-state index is 0.940. The molecule has 2 aromatic rings. The summed E-state index contributed by atoms with van der Waals surface area (Å²) in [6.45, 7) is 7.44. The van der Waals surface area contributed by atoms with Crippen LogP contribution < -0.4 is 0 Å². The van der Waals surface area contributed by atoms with Gasteiger partial charge < -0.3 is 4.57 Å². The maximum Gasteiger partial charge on any atom is 0.0253 e. The Labute approximate surface area is 117 Å². The van der Waals surface area contributed by atoms with Gasteiger partial charge in [-0.15, -0.1) is 0 Å². The van der Waals surface area contributed by atoms with Crippen molar-refractivity contribution in [3.05, 3.63) is 59.4 Å². The van der Waals surface area contributed by atoms with E-state index in [4.69, 9.17) is 0 Å². The molecule has 19 heavy (non-hydrogen) atoms. The third kappa shape index (κ3) is 3.73. The second-order valence-corrected chi connectivity index (χ2v) is 5.18. The summed E-state index contributed by atoms with van der Waals surface area (Å²) in [6.07, 6.45) is 3.90. The minimum Gasteiger partial charge on any atom is -0.348 e. The van der Waals surface area contributed by atoms with E-state index in [0.717, 1.165) is 12.3 Å². The highest BCUT2D eigenvalue weighted by Crippen LogP contribution is 2.32. The van der Waals surface area contributed by atoms with Crippen molar-refractivity contribution in [1.82, 2.24) is 4.57 Å². The largest absolute Gasteiger partial charge is 0.348 e. The number of hydrogen-bond donors (Lipinski definition) is 0. The fourth-order valence-corrected chi connectivity index (χ4v) is 2.40. The van der Waals surface area contributed by atoms with Crippen LogP contribution in [0.4, 0.5) is 0 Å². The third-order valence-electron chi connectivity index (χ3n) is 3.66. The molecule has 1 nitrogen and oxygen atoms in total. The highest BCUT2D eigenvalue weighted by molar-refractivity contribution is 5.25. The second-order valence-electron chi connectivity index (χ2n) is 5.18. The van der Waals surface area contributed by atoms with E-state index >= 15 is 0 Å². The molecule has 0 N–H and O–H groups in total. The van der Waals surface area contributed by atoms with Gasteiger partial charge in [0.05, 0.1) is 0 Å². The molecule has 102 valence electrons. The van der Waals surface area contributed by atoms with E-state index in [-0.39, 0.29) is 0 Å². The molecule has 0 saturated heterocycles. The van der Waals surface area contributed by atoms with Gasteiger partial charge in [0.15, 0.2) is 0 Å². The SMILES string of the molecule is CC.Cc1ccc(Cc2ccccc2)n1CC1CC1. The Bertz CT molecular complexity index is 492. The molecule has 1 heterocycles. The van der Waals surface area contributed by atoms with E-state index in [2.05, 4.69) is 54.0 Å². The molecule has 0 unspecified atom stereocenters. The molecule has 1 fully saturated rings. The van der Waals surface area contributed by atoms with Crippen molar-refractivity contribution in [3.63, 3.8) is 0 Å². The molecule has 0 radical (unpaired) electrons. The Morgan fingerprint density at radius 1 is 1.00 bits per heavy atom. The topological polar surface area (TPSA) is 4.93 Å². The molecular weight excluding hydrogens is 230 g/mol. The molecule has 0 bridgehead atoms. The van der Waals surface area contributed by atoms with Gasteiger partial charge in [0.1, 0.15) is 0 Å². The summed E-state index contributed by atoms with van der Waals surface area (Å²) in [6, 6.07) is 15.3. The number of rotatable bonds is 4. The Hall–Kier alpha value is -1.50. The molecule has 0 atom stereocenters. The van der Waals surface area contributed by atoms with Crippen molar-refractivity contribution in [2.24, 2.45) is 5.92 Å². The summed E-state index contributed by atoms with van der Waals surface area (Å²) in [7, 11) is 0. The summed E-state index contributed by atoms with van der Waals surface area (Å²) >= 11 is 0. The lowest BCUT2D eigenvalue weighted by molar-refractivity contribution is 0.596. The average molecular weight is 255 g/mol. The maximum atomic E-state index is 2.50. The van der Waals surface area contributed by atoms with Gasteiger partial charge in [-0.2, -0.15) is 0 Å². The first-order chi connectivity index (χ1) is 9.33. The van der Waals surface area contributed by atoms with Crippen LogP contribution >= 0.6 is 0 Å². The third-order valence-corrected chi connectivity index (χ3v) is 3.66. The lowest BCUT2D eigenvalue weighted by Crippen LogP contribution is -2.06. The summed E-state index contributed by atoms with van der Waals surface area (Å²) in [4.78, 5) is 0. The van der Waals surface area contributed by atoms with Crippen molar-refractivity contribution < 1.29 is 0 Å². The van der Waals surface area contributed by atoms with E-state index in [1.165, 1.54) is 36.3 Å². The Morgan fingerprint density at radius 3 is 2.32 bits per heavy atom. The molecule has 0 aliphatic heterocycles. The van der Waals surface area contributed by atoms with Crippen LogP contribution in [0, 0.1) is 12.8 Å². The van der Waals surface area contributed by atoms with Crippen molar-refractivity contribution in [1.29, 1.82) is 0 Å². The number of nitrogens with zero attached hydrogens (tertiary/aromatic N) is 1. The molecule has 1 aromatic carbocycles. The van der Waals surface area contributed by atoms with Crippen LogP contribution in [-0.2, 0) is 13.0 Å². The zero-order valence-electron chi connectivity index (χ0n) is 12.4. The Kier molecular flexibility index (Phi) is 4.84. The lowest BCUT2D eigenvalue weighted by Gasteiger charge is -2.11. The fourth-order valence-electron chi connectivity index (χ4n) is 2.40. The van der Waals surface area contributed by atoms with Crippen molar-refractivity contribution in [2.45, 2.75) is 46.6 Å². The highest BCUT2D eigenvalue weighted by Gasteiger charge is 2.23. The van der Waals surface area contributed by atoms with E-state index in [0.29, 0.717) is 0 Å². The first-order valence-electron chi connectivity index (χ1n) is 7.52. The van der Waals surface area contributed by atoms with Gasteiger partial charge in [-0.25, -0.2) is 0 Å². The van der Waals surface area contributed by atoms with Gasteiger partial charge in [0.2, 0.25) is 0 Å². The standard InChI is InChI=1S/C16H19N.C2H6/c1-13-7-10-16(17(13)12-15-8-9-15)11-14-5-3-2-4-6-14;1-2/h2-7,10,15H,8-9,11-12H2,1H3;1-2H3. The average Bonchev–Trinajstić information content (AvgIpc) is 3.22. The molecule has 1 aliphatic carbocycles. The molecule has 1 heteroatoms. The zero-order valence-corrected chi connectivity index (χ0v) is 12.4.